The van der Waals surface area contributed by atoms with Gasteiger partial charge >= 0.3 is 0 Å². The summed E-state index contributed by atoms with van der Waals surface area (Å²) in [7, 11) is 3.26. The summed E-state index contributed by atoms with van der Waals surface area (Å²) in [5.41, 5.74) is 0.985. The quantitative estimate of drug-likeness (QED) is 0.759. The first-order valence-electron chi connectivity index (χ1n) is 3.81. The molecule has 0 aliphatic carbocycles. The van der Waals surface area contributed by atoms with E-state index in [1.54, 1.807) is 20.5 Å². The minimum Gasteiger partial charge on any atom is -0.504 e. The summed E-state index contributed by atoms with van der Waals surface area (Å²) in [6.45, 7) is 0. The number of para-hydroxylation sites is 1. The van der Waals surface area contributed by atoms with E-state index in [2.05, 4.69) is 15.9 Å². The molecule has 1 rings (SSSR count). The van der Waals surface area contributed by atoms with Gasteiger partial charge in [-0.25, -0.2) is 0 Å². The van der Waals surface area contributed by atoms with Gasteiger partial charge in [-0.15, -0.1) is 0 Å². The molecule has 0 radical (unpaired) electrons. The molecular weight excluding hydrogens is 232 g/mol. The Morgan fingerprint density at radius 3 is 2.69 bits per heavy atom. The van der Waals surface area contributed by atoms with E-state index < -0.39 is 0 Å². The lowest BCUT2D eigenvalue weighted by Crippen LogP contribution is -1.87. The monoisotopic (exact) mass is 242 g/mol. The summed E-state index contributed by atoms with van der Waals surface area (Å²) >= 11 is 3.40. The van der Waals surface area contributed by atoms with Crippen LogP contribution in [0.25, 0.3) is 6.08 Å². The highest BCUT2D eigenvalue weighted by molar-refractivity contribution is 9.10. The molecule has 0 heterocycles. The van der Waals surface area contributed by atoms with Crippen molar-refractivity contribution in [2.45, 2.75) is 0 Å². The lowest BCUT2D eigenvalue weighted by molar-refractivity contribution is 0.341. The molecule has 3 heteroatoms. The first-order valence-corrected chi connectivity index (χ1v) is 4.60. The summed E-state index contributed by atoms with van der Waals surface area (Å²) in [5.74, 6) is 0.816. The van der Waals surface area contributed by atoms with Crippen molar-refractivity contribution in [3.63, 3.8) is 0 Å². The predicted molar refractivity (Wildman–Crippen MR) is 56.7 cm³/mol. The topological polar surface area (TPSA) is 18.5 Å². The van der Waals surface area contributed by atoms with Gasteiger partial charge in [0.05, 0.1) is 25.0 Å². The molecule has 0 saturated heterocycles. The molecule has 0 aliphatic rings. The highest BCUT2D eigenvalue weighted by atomic mass is 79.9. The van der Waals surface area contributed by atoms with Crippen molar-refractivity contribution < 1.29 is 9.47 Å². The van der Waals surface area contributed by atoms with Crippen LogP contribution in [-0.2, 0) is 4.74 Å². The molecule has 0 amide bonds. The summed E-state index contributed by atoms with van der Waals surface area (Å²) < 4.78 is 11.0. The molecule has 1 aromatic carbocycles. The fourth-order valence-corrected chi connectivity index (χ4v) is 1.56. The summed E-state index contributed by atoms with van der Waals surface area (Å²) in [6, 6.07) is 5.84. The van der Waals surface area contributed by atoms with Gasteiger partial charge in [0.25, 0.3) is 0 Å². The highest BCUT2D eigenvalue weighted by Crippen LogP contribution is 2.29. The molecule has 0 aromatic heterocycles. The zero-order valence-corrected chi connectivity index (χ0v) is 9.17. The normalized spacial score (nSPS) is 10.4. The number of hydrogen-bond acceptors (Lipinski definition) is 2. The van der Waals surface area contributed by atoms with Gasteiger partial charge in [0.2, 0.25) is 0 Å². The van der Waals surface area contributed by atoms with Crippen LogP contribution in [-0.4, -0.2) is 14.2 Å². The first-order chi connectivity index (χ1) is 6.29. The van der Waals surface area contributed by atoms with Crippen molar-refractivity contribution in [2.24, 2.45) is 0 Å². The molecule has 2 nitrogen and oxygen atoms in total. The molecule has 1 aromatic rings. The van der Waals surface area contributed by atoms with Crippen molar-refractivity contribution in [2.75, 3.05) is 14.2 Å². The summed E-state index contributed by atoms with van der Waals surface area (Å²) in [5, 5.41) is 0. The maximum atomic E-state index is 5.22. The number of ether oxygens (including phenoxy) is 2. The maximum absolute atomic E-state index is 5.22. The first kappa shape index (κ1) is 10.1. The minimum absolute atomic E-state index is 0.816. The lowest BCUT2D eigenvalue weighted by atomic mass is 10.2. The highest BCUT2D eigenvalue weighted by Gasteiger charge is 2.02. The molecule has 0 spiro atoms. The summed E-state index contributed by atoms with van der Waals surface area (Å²) in [6.07, 6.45) is 3.47. The molecule has 0 bridgehead atoms. The van der Waals surface area contributed by atoms with E-state index in [-0.39, 0.29) is 0 Å². The van der Waals surface area contributed by atoms with Crippen LogP contribution in [0.3, 0.4) is 0 Å². The van der Waals surface area contributed by atoms with Crippen molar-refractivity contribution in [1.82, 2.24) is 0 Å². The van der Waals surface area contributed by atoms with Crippen LogP contribution < -0.4 is 4.74 Å². The number of hydrogen-bond donors (Lipinski definition) is 0. The third-order valence-corrected chi connectivity index (χ3v) is 2.21. The predicted octanol–water partition coefficient (Wildman–Crippen LogP) is 3.07. The van der Waals surface area contributed by atoms with Gasteiger partial charge in [-0.3, -0.25) is 0 Å². The Morgan fingerprint density at radius 2 is 2.08 bits per heavy atom. The van der Waals surface area contributed by atoms with Crippen LogP contribution in [0.1, 0.15) is 5.56 Å². The fraction of sp³-hybridized carbons (Fsp3) is 0.200. The molecule has 0 aliphatic heterocycles. The Kier molecular flexibility index (Phi) is 3.83. The average molecular weight is 243 g/mol. The van der Waals surface area contributed by atoms with Crippen molar-refractivity contribution in [3.8, 4) is 5.75 Å². The van der Waals surface area contributed by atoms with E-state index in [0.29, 0.717) is 0 Å². The number of methoxy groups -OCH3 is 2. The maximum Gasteiger partial charge on any atom is 0.140 e. The van der Waals surface area contributed by atoms with E-state index in [9.17, 15) is 0 Å². The SMILES string of the molecule is CO/C=C/c1cccc(Br)c1OC. The summed E-state index contributed by atoms with van der Waals surface area (Å²) in [4.78, 5) is 0. The van der Waals surface area contributed by atoms with Crippen LogP contribution in [0.4, 0.5) is 0 Å². The van der Waals surface area contributed by atoms with Crippen LogP contribution >= 0.6 is 15.9 Å². The van der Waals surface area contributed by atoms with E-state index in [4.69, 9.17) is 9.47 Å². The van der Waals surface area contributed by atoms with E-state index in [1.165, 1.54) is 0 Å². The van der Waals surface area contributed by atoms with Gasteiger partial charge in [0.15, 0.2) is 0 Å². The third kappa shape index (κ3) is 2.49. The third-order valence-electron chi connectivity index (χ3n) is 1.59. The van der Waals surface area contributed by atoms with E-state index in [1.807, 2.05) is 24.3 Å². The van der Waals surface area contributed by atoms with Gasteiger partial charge in [0.1, 0.15) is 5.75 Å². The Hall–Kier alpha value is -0.960. The Bertz CT molecular complexity index is 308. The zero-order valence-electron chi connectivity index (χ0n) is 7.58. The molecule has 70 valence electrons. The Labute approximate surface area is 86.3 Å². The zero-order chi connectivity index (χ0) is 9.68. The molecule has 0 fully saturated rings. The second-order valence-electron chi connectivity index (χ2n) is 2.40. The van der Waals surface area contributed by atoms with Crippen molar-refractivity contribution >= 4 is 22.0 Å². The second-order valence-corrected chi connectivity index (χ2v) is 3.26. The van der Waals surface area contributed by atoms with Gasteiger partial charge in [-0.05, 0) is 28.1 Å². The van der Waals surface area contributed by atoms with Crippen LogP contribution in [0, 0.1) is 0 Å². The largest absolute Gasteiger partial charge is 0.504 e. The minimum atomic E-state index is 0.816. The molecule has 0 atom stereocenters. The molecule has 0 unspecified atom stereocenters. The van der Waals surface area contributed by atoms with Gasteiger partial charge < -0.3 is 9.47 Å². The fourth-order valence-electron chi connectivity index (χ4n) is 1.01. The Morgan fingerprint density at radius 1 is 1.31 bits per heavy atom. The number of rotatable bonds is 3. The van der Waals surface area contributed by atoms with Crippen molar-refractivity contribution in [3.05, 3.63) is 34.5 Å². The molecule has 13 heavy (non-hydrogen) atoms. The Balaban J connectivity index is 3.05. The van der Waals surface area contributed by atoms with Gasteiger partial charge in [0, 0.05) is 5.56 Å². The van der Waals surface area contributed by atoms with E-state index >= 15 is 0 Å². The standard InChI is InChI=1S/C10H11BrO2/c1-12-7-6-8-4-3-5-9(11)10(8)13-2/h3-7H,1-2H3/b7-6+. The lowest BCUT2D eigenvalue weighted by Gasteiger charge is -2.06. The number of benzene rings is 1. The molecule has 0 saturated carbocycles. The number of halogens is 1. The van der Waals surface area contributed by atoms with E-state index in [0.717, 1.165) is 15.8 Å². The van der Waals surface area contributed by atoms with Crippen LogP contribution in [0.2, 0.25) is 0 Å². The second kappa shape index (κ2) is 4.92. The van der Waals surface area contributed by atoms with Gasteiger partial charge in [-0.2, -0.15) is 0 Å². The van der Waals surface area contributed by atoms with Crippen LogP contribution in [0.15, 0.2) is 28.9 Å². The molecule has 0 N–H and O–H groups in total. The van der Waals surface area contributed by atoms with Crippen LogP contribution in [0.5, 0.6) is 5.75 Å². The van der Waals surface area contributed by atoms with Crippen molar-refractivity contribution in [1.29, 1.82) is 0 Å². The molecular formula is C10H11BrO2. The smallest absolute Gasteiger partial charge is 0.140 e. The average Bonchev–Trinajstić information content (AvgIpc) is 2.15. The van der Waals surface area contributed by atoms with Gasteiger partial charge in [-0.1, -0.05) is 12.1 Å².